The number of carboxylic acid groups (broad SMARTS) is 1. The number of aliphatic carboxylic acids is 1. The number of rotatable bonds is 7. The molecule has 0 fully saturated rings. The minimum atomic E-state index is -1.23. The molecule has 0 aliphatic carbocycles. The molecular formula is C12H24N2O3. The van der Waals surface area contributed by atoms with Crippen molar-refractivity contribution in [1.29, 1.82) is 0 Å². The largest absolute Gasteiger partial charge is 0.480 e. The second kappa shape index (κ2) is 6.59. The molecular weight excluding hydrogens is 220 g/mol. The Labute approximate surface area is 103 Å². The smallest absolute Gasteiger partial charge is 0.328 e. The van der Waals surface area contributed by atoms with Crippen molar-refractivity contribution in [3.63, 3.8) is 0 Å². The summed E-state index contributed by atoms with van der Waals surface area (Å²) in [5, 5.41) is 11.4. The van der Waals surface area contributed by atoms with E-state index in [4.69, 9.17) is 10.8 Å². The first kappa shape index (κ1) is 15.9. The topological polar surface area (TPSA) is 92.4 Å². The second-order valence-corrected chi connectivity index (χ2v) is 5.41. The van der Waals surface area contributed by atoms with Gasteiger partial charge in [-0.1, -0.05) is 13.8 Å². The van der Waals surface area contributed by atoms with E-state index in [1.165, 1.54) is 13.8 Å². The zero-order chi connectivity index (χ0) is 13.6. The predicted octanol–water partition coefficient (Wildman–Crippen LogP) is 0.977. The molecule has 5 nitrogen and oxygen atoms in total. The van der Waals surface area contributed by atoms with Gasteiger partial charge in [0, 0.05) is 6.42 Å². The summed E-state index contributed by atoms with van der Waals surface area (Å²) in [5.74, 6) is -0.712. The first-order valence-corrected chi connectivity index (χ1v) is 5.93. The van der Waals surface area contributed by atoms with E-state index in [2.05, 4.69) is 19.2 Å². The highest BCUT2D eigenvalue weighted by Gasteiger charge is 2.29. The van der Waals surface area contributed by atoms with E-state index in [0.717, 1.165) is 6.42 Å². The Morgan fingerprint density at radius 3 is 2.24 bits per heavy atom. The molecule has 0 aromatic rings. The summed E-state index contributed by atoms with van der Waals surface area (Å²) in [7, 11) is 0. The lowest BCUT2D eigenvalue weighted by Crippen LogP contribution is -2.50. The van der Waals surface area contributed by atoms with Crippen molar-refractivity contribution < 1.29 is 14.7 Å². The third-order valence-corrected chi connectivity index (χ3v) is 2.60. The maximum Gasteiger partial charge on any atom is 0.328 e. The molecule has 100 valence electrons. The SMILES string of the molecule is CC(C)C[C@H](CN)CC(=O)NC(C)(C)C(=O)O. The first-order valence-electron chi connectivity index (χ1n) is 5.93. The van der Waals surface area contributed by atoms with E-state index in [-0.39, 0.29) is 18.2 Å². The van der Waals surface area contributed by atoms with Gasteiger partial charge in [-0.25, -0.2) is 4.79 Å². The van der Waals surface area contributed by atoms with Crippen molar-refractivity contribution in [2.45, 2.75) is 46.1 Å². The van der Waals surface area contributed by atoms with E-state index >= 15 is 0 Å². The van der Waals surface area contributed by atoms with Crippen molar-refractivity contribution in [2.75, 3.05) is 6.54 Å². The van der Waals surface area contributed by atoms with Gasteiger partial charge in [-0.3, -0.25) is 4.79 Å². The fourth-order valence-corrected chi connectivity index (χ4v) is 1.64. The molecule has 17 heavy (non-hydrogen) atoms. The van der Waals surface area contributed by atoms with Gasteiger partial charge >= 0.3 is 5.97 Å². The Kier molecular flexibility index (Phi) is 6.16. The Balaban J connectivity index is 4.29. The lowest BCUT2D eigenvalue weighted by Gasteiger charge is -2.23. The summed E-state index contributed by atoms with van der Waals surface area (Å²) < 4.78 is 0. The number of hydrogen-bond donors (Lipinski definition) is 3. The molecule has 1 atom stereocenters. The van der Waals surface area contributed by atoms with Gasteiger partial charge in [0.15, 0.2) is 0 Å². The summed E-state index contributed by atoms with van der Waals surface area (Å²) in [4.78, 5) is 22.5. The van der Waals surface area contributed by atoms with Crippen LogP contribution in [0.25, 0.3) is 0 Å². The van der Waals surface area contributed by atoms with Gasteiger partial charge in [-0.05, 0) is 38.6 Å². The van der Waals surface area contributed by atoms with Crippen LogP contribution in [0.3, 0.4) is 0 Å². The third-order valence-electron chi connectivity index (χ3n) is 2.60. The summed E-state index contributed by atoms with van der Waals surface area (Å²) in [5.41, 5.74) is 4.37. The molecule has 4 N–H and O–H groups in total. The maximum absolute atomic E-state index is 11.7. The Morgan fingerprint density at radius 1 is 1.35 bits per heavy atom. The highest BCUT2D eigenvalue weighted by atomic mass is 16.4. The Hall–Kier alpha value is -1.10. The molecule has 0 saturated heterocycles. The Bertz CT molecular complexity index is 275. The lowest BCUT2D eigenvalue weighted by atomic mass is 9.93. The predicted molar refractivity (Wildman–Crippen MR) is 66.5 cm³/mol. The van der Waals surface area contributed by atoms with Crippen LogP contribution in [0.1, 0.15) is 40.5 Å². The van der Waals surface area contributed by atoms with Gasteiger partial charge in [-0.2, -0.15) is 0 Å². The molecule has 0 saturated carbocycles. The maximum atomic E-state index is 11.7. The number of carboxylic acids is 1. The van der Waals surface area contributed by atoms with Crippen LogP contribution < -0.4 is 11.1 Å². The average molecular weight is 244 g/mol. The molecule has 0 aromatic heterocycles. The van der Waals surface area contributed by atoms with Crippen molar-refractivity contribution >= 4 is 11.9 Å². The van der Waals surface area contributed by atoms with Crippen LogP contribution in [0, 0.1) is 11.8 Å². The normalized spacial score (nSPS) is 13.5. The van der Waals surface area contributed by atoms with Crippen LogP contribution in [-0.2, 0) is 9.59 Å². The van der Waals surface area contributed by atoms with Crippen molar-refractivity contribution in [3.05, 3.63) is 0 Å². The summed E-state index contributed by atoms with van der Waals surface area (Å²) in [6.45, 7) is 7.52. The first-order chi connectivity index (χ1) is 7.69. The standard InChI is InChI=1S/C12H24N2O3/c1-8(2)5-9(7-13)6-10(15)14-12(3,4)11(16)17/h8-9H,5-7,13H2,1-4H3,(H,14,15)(H,16,17)/t9-/m0/s1. The molecule has 5 heteroatoms. The quantitative estimate of drug-likeness (QED) is 0.622. The zero-order valence-corrected chi connectivity index (χ0v) is 11.1. The van der Waals surface area contributed by atoms with E-state index < -0.39 is 11.5 Å². The third kappa shape index (κ3) is 6.26. The van der Waals surface area contributed by atoms with Crippen LogP contribution in [0.5, 0.6) is 0 Å². The number of carbonyl (C=O) groups is 2. The van der Waals surface area contributed by atoms with Crippen molar-refractivity contribution in [1.82, 2.24) is 5.32 Å². The van der Waals surface area contributed by atoms with E-state index in [1.54, 1.807) is 0 Å². The Morgan fingerprint density at radius 2 is 1.88 bits per heavy atom. The summed E-state index contributed by atoms with van der Waals surface area (Å²) in [6.07, 6.45) is 1.16. The van der Waals surface area contributed by atoms with Crippen molar-refractivity contribution in [3.8, 4) is 0 Å². The molecule has 0 aliphatic heterocycles. The van der Waals surface area contributed by atoms with Gasteiger partial charge in [0.25, 0.3) is 0 Å². The molecule has 0 spiro atoms. The number of nitrogens with one attached hydrogen (secondary N) is 1. The fourth-order valence-electron chi connectivity index (χ4n) is 1.64. The van der Waals surface area contributed by atoms with Crippen LogP contribution in [0.4, 0.5) is 0 Å². The monoisotopic (exact) mass is 244 g/mol. The molecule has 0 unspecified atom stereocenters. The number of nitrogens with two attached hydrogens (primary N) is 1. The average Bonchev–Trinajstić information content (AvgIpc) is 2.14. The van der Waals surface area contributed by atoms with Crippen LogP contribution in [0.15, 0.2) is 0 Å². The van der Waals surface area contributed by atoms with Gasteiger partial charge in [-0.15, -0.1) is 0 Å². The molecule has 0 bridgehead atoms. The van der Waals surface area contributed by atoms with Crippen LogP contribution >= 0.6 is 0 Å². The minimum Gasteiger partial charge on any atom is -0.480 e. The zero-order valence-electron chi connectivity index (χ0n) is 11.1. The summed E-state index contributed by atoms with van der Waals surface area (Å²) in [6, 6.07) is 0. The molecule has 0 heterocycles. The van der Waals surface area contributed by atoms with Gasteiger partial charge < -0.3 is 16.2 Å². The van der Waals surface area contributed by atoms with Gasteiger partial charge in [0.2, 0.25) is 5.91 Å². The van der Waals surface area contributed by atoms with E-state index in [1.807, 2.05) is 0 Å². The molecule has 0 radical (unpaired) electrons. The van der Waals surface area contributed by atoms with Crippen molar-refractivity contribution in [2.24, 2.45) is 17.6 Å². The molecule has 1 amide bonds. The van der Waals surface area contributed by atoms with Crippen LogP contribution in [-0.4, -0.2) is 29.1 Å². The number of carbonyl (C=O) groups excluding carboxylic acids is 1. The fraction of sp³-hybridized carbons (Fsp3) is 0.833. The van der Waals surface area contributed by atoms with Crippen LogP contribution in [0.2, 0.25) is 0 Å². The van der Waals surface area contributed by atoms with E-state index in [0.29, 0.717) is 12.5 Å². The highest BCUT2D eigenvalue weighted by Crippen LogP contribution is 2.15. The lowest BCUT2D eigenvalue weighted by molar-refractivity contribution is -0.146. The highest BCUT2D eigenvalue weighted by molar-refractivity contribution is 5.86. The number of amides is 1. The second-order valence-electron chi connectivity index (χ2n) is 5.41. The van der Waals surface area contributed by atoms with Gasteiger partial charge in [0.1, 0.15) is 5.54 Å². The molecule has 0 rings (SSSR count). The summed E-state index contributed by atoms with van der Waals surface area (Å²) >= 11 is 0. The van der Waals surface area contributed by atoms with E-state index in [9.17, 15) is 9.59 Å². The molecule has 0 aliphatic rings. The number of hydrogen-bond acceptors (Lipinski definition) is 3. The molecule has 0 aromatic carbocycles. The van der Waals surface area contributed by atoms with Gasteiger partial charge in [0.05, 0.1) is 0 Å². The minimum absolute atomic E-state index is 0.111.